The fraction of sp³-hybridized carbons (Fsp3) is 0.130. The summed E-state index contributed by atoms with van der Waals surface area (Å²) >= 11 is 5.85. The number of ether oxygens (including phenoxy) is 1. The van der Waals surface area contributed by atoms with Crippen molar-refractivity contribution in [1.82, 2.24) is 0 Å². The van der Waals surface area contributed by atoms with Gasteiger partial charge in [0.2, 0.25) is 0 Å². The molecular formula is C23H19ClO4. The van der Waals surface area contributed by atoms with E-state index in [4.69, 9.17) is 16.3 Å². The van der Waals surface area contributed by atoms with E-state index >= 15 is 0 Å². The van der Waals surface area contributed by atoms with E-state index in [0.29, 0.717) is 34.7 Å². The zero-order chi connectivity index (χ0) is 19.9. The predicted molar refractivity (Wildman–Crippen MR) is 108 cm³/mol. The first-order valence-corrected chi connectivity index (χ1v) is 9.24. The lowest BCUT2D eigenvalue weighted by Gasteiger charge is -2.15. The van der Waals surface area contributed by atoms with Gasteiger partial charge in [0.15, 0.2) is 11.9 Å². The molecule has 0 bridgehead atoms. The third kappa shape index (κ3) is 5.21. The molecule has 0 unspecified atom stereocenters. The van der Waals surface area contributed by atoms with E-state index < -0.39 is 12.1 Å². The highest BCUT2D eigenvalue weighted by molar-refractivity contribution is 6.30. The number of carboxylic acids is 1. The first kappa shape index (κ1) is 19.6. The smallest absolute Gasteiger partial charge is 0.344 e. The minimum atomic E-state index is -1.02. The SMILES string of the molecule is O=C(c1ccc(Cl)cc1)c1ccc(O[C@@H](CCc2ccccc2)C(=O)O)cc1. The zero-order valence-corrected chi connectivity index (χ0v) is 15.8. The Balaban J connectivity index is 1.65. The van der Waals surface area contributed by atoms with Crippen LogP contribution in [0.4, 0.5) is 0 Å². The molecule has 0 saturated heterocycles. The van der Waals surface area contributed by atoms with E-state index in [0.717, 1.165) is 5.56 Å². The molecule has 0 aliphatic heterocycles. The molecule has 0 saturated carbocycles. The zero-order valence-electron chi connectivity index (χ0n) is 15.0. The molecule has 1 N–H and O–H groups in total. The molecule has 1 atom stereocenters. The number of hydrogen-bond acceptors (Lipinski definition) is 3. The maximum Gasteiger partial charge on any atom is 0.344 e. The van der Waals surface area contributed by atoms with Crippen LogP contribution in [0.25, 0.3) is 0 Å². The standard InChI is InChI=1S/C23H19ClO4/c24-19-11-7-17(8-12-19)22(25)18-9-13-20(14-10-18)28-21(23(26)27)15-6-16-4-2-1-3-5-16/h1-5,7-14,21H,6,15H2,(H,26,27)/t21-/m0/s1. The number of halogens is 1. The highest BCUT2D eigenvalue weighted by atomic mass is 35.5. The van der Waals surface area contributed by atoms with E-state index in [9.17, 15) is 14.7 Å². The predicted octanol–water partition coefficient (Wildman–Crippen LogP) is 5.04. The Bertz CT molecular complexity index is 935. The highest BCUT2D eigenvalue weighted by Crippen LogP contribution is 2.19. The van der Waals surface area contributed by atoms with Crippen LogP contribution in [0.5, 0.6) is 5.75 Å². The van der Waals surface area contributed by atoms with Crippen molar-refractivity contribution in [2.75, 3.05) is 0 Å². The van der Waals surface area contributed by atoms with Gasteiger partial charge in [0.25, 0.3) is 0 Å². The molecule has 0 aliphatic rings. The summed E-state index contributed by atoms with van der Waals surface area (Å²) < 4.78 is 5.63. The van der Waals surface area contributed by atoms with Gasteiger partial charge < -0.3 is 9.84 Å². The summed E-state index contributed by atoms with van der Waals surface area (Å²) in [6, 6.07) is 22.8. The monoisotopic (exact) mass is 394 g/mol. The maximum absolute atomic E-state index is 12.5. The van der Waals surface area contributed by atoms with Gasteiger partial charge in [-0.25, -0.2) is 4.79 Å². The maximum atomic E-state index is 12.5. The highest BCUT2D eigenvalue weighted by Gasteiger charge is 2.19. The second kappa shape index (κ2) is 9.20. The Hall–Kier alpha value is -3.11. The Morgan fingerprint density at radius 1 is 0.857 bits per heavy atom. The summed E-state index contributed by atoms with van der Waals surface area (Å²) in [4.78, 5) is 24.0. The van der Waals surface area contributed by atoms with Crippen molar-refractivity contribution in [1.29, 1.82) is 0 Å². The molecule has 0 fully saturated rings. The van der Waals surface area contributed by atoms with E-state index in [-0.39, 0.29) is 5.78 Å². The number of aryl methyl sites for hydroxylation is 1. The Labute approximate surface area is 168 Å². The van der Waals surface area contributed by atoms with Gasteiger partial charge in [-0.2, -0.15) is 0 Å². The van der Waals surface area contributed by atoms with Gasteiger partial charge in [0, 0.05) is 16.1 Å². The topological polar surface area (TPSA) is 63.6 Å². The molecule has 3 aromatic rings. The van der Waals surface area contributed by atoms with Gasteiger partial charge in [-0.15, -0.1) is 0 Å². The molecule has 3 rings (SSSR count). The van der Waals surface area contributed by atoms with Crippen LogP contribution in [0.3, 0.4) is 0 Å². The van der Waals surface area contributed by atoms with Crippen molar-refractivity contribution in [2.24, 2.45) is 0 Å². The van der Waals surface area contributed by atoms with Gasteiger partial charge in [-0.05, 0) is 66.9 Å². The Kier molecular flexibility index (Phi) is 6.45. The van der Waals surface area contributed by atoms with Gasteiger partial charge in [0.1, 0.15) is 5.75 Å². The molecule has 0 spiro atoms. The van der Waals surface area contributed by atoms with Gasteiger partial charge in [0.05, 0.1) is 0 Å². The largest absolute Gasteiger partial charge is 0.479 e. The number of benzene rings is 3. The quantitative estimate of drug-likeness (QED) is 0.544. The van der Waals surface area contributed by atoms with Gasteiger partial charge in [-0.3, -0.25) is 4.79 Å². The molecule has 0 aromatic heterocycles. The van der Waals surface area contributed by atoms with Crippen molar-refractivity contribution >= 4 is 23.4 Å². The molecule has 28 heavy (non-hydrogen) atoms. The molecule has 3 aromatic carbocycles. The molecule has 0 aliphatic carbocycles. The fourth-order valence-electron chi connectivity index (χ4n) is 2.79. The Morgan fingerprint density at radius 2 is 1.43 bits per heavy atom. The van der Waals surface area contributed by atoms with Crippen LogP contribution in [0.2, 0.25) is 5.02 Å². The van der Waals surface area contributed by atoms with Crippen LogP contribution in [0.1, 0.15) is 27.9 Å². The third-order valence-corrected chi connectivity index (χ3v) is 4.57. The van der Waals surface area contributed by atoms with Crippen molar-refractivity contribution in [3.05, 3.63) is 101 Å². The van der Waals surface area contributed by atoms with E-state index in [1.165, 1.54) is 0 Å². The van der Waals surface area contributed by atoms with Crippen LogP contribution in [-0.4, -0.2) is 23.0 Å². The number of aliphatic carboxylic acids is 1. The summed E-state index contributed by atoms with van der Waals surface area (Å²) in [5, 5.41) is 10.0. The number of carbonyl (C=O) groups is 2. The molecule has 0 radical (unpaired) electrons. The first-order valence-electron chi connectivity index (χ1n) is 8.86. The van der Waals surface area contributed by atoms with E-state index in [2.05, 4.69) is 0 Å². The van der Waals surface area contributed by atoms with Gasteiger partial charge in [-0.1, -0.05) is 41.9 Å². The van der Waals surface area contributed by atoms with Crippen molar-refractivity contribution in [3.8, 4) is 5.75 Å². The minimum absolute atomic E-state index is 0.137. The van der Waals surface area contributed by atoms with Crippen molar-refractivity contribution < 1.29 is 19.4 Å². The average Bonchev–Trinajstić information content (AvgIpc) is 2.72. The second-order valence-electron chi connectivity index (χ2n) is 6.33. The van der Waals surface area contributed by atoms with E-state index in [1.54, 1.807) is 48.5 Å². The van der Waals surface area contributed by atoms with Crippen LogP contribution in [0.15, 0.2) is 78.9 Å². The summed E-state index contributed by atoms with van der Waals surface area (Å²) in [6.07, 6.45) is -0.00605. The summed E-state index contributed by atoms with van der Waals surface area (Å²) in [5.74, 6) is -0.743. The van der Waals surface area contributed by atoms with Crippen LogP contribution >= 0.6 is 11.6 Å². The van der Waals surface area contributed by atoms with Gasteiger partial charge >= 0.3 is 5.97 Å². The lowest BCUT2D eigenvalue weighted by atomic mass is 10.0. The molecule has 5 heteroatoms. The normalized spacial score (nSPS) is 11.6. The van der Waals surface area contributed by atoms with Crippen LogP contribution < -0.4 is 4.74 Å². The molecular weight excluding hydrogens is 376 g/mol. The second-order valence-corrected chi connectivity index (χ2v) is 6.77. The Morgan fingerprint density at radius 3 is 2.00 bits per heavy atom. The van der Waals surface area contributed by atoms with E-state index in [1.807, 2.05) is 30.3 Å². The first-order chi connectivity index (χ1) is 13.5. The number of carboxylic acid groups (broad SMARTS) is 1. The summed E-state index contributed by atoms with van der Waals surface area (Å²) in [7, 11) is 0. The number of rotatable bonds is 8. The molecule has 0 heterocycles. The lowest BCUT2D eigenvalue weighted by molar-refractivity contribution is -0.145. The van der Waals surface area contributed by atoms with Crippen LogP contribution in [-0.2, 0) is 11.2 Å². The third-order valence-electron chi connectivity index (χ3n) is 4.31. The number of ketones is 1. The summed E-state index contributed by atoms with van der Waals surface area (Å²) in [6.45, 7) is 0. The van der Waals surface area contributed by atoms with Crippen molar-refractivity contribution in [2.45, 2.75) is 18.9 Å². The summed E-state index contributed by atoms with van der Waals surface area (Å²) in [5.41, 5.74) is 2.08. The minimum Gasteiger partial charge on any atom is -0.479 e. The average molecular weight is 395 g/mol. The number of hydrogen-bond donors (Lipinski definition) is 1. The lowest BCUT2D eigenvalue weighted by Crippen LogP contribution is -2.27. The molecule has 4 nitrogen and oxygen atoms in total. The number of carbonyl (C=O) groups excluding carboxylic acids is 1. The van der Waals surface area contributed by atoms with Crippen LogP contribution in [0, 0.1) is 0 Å². The molecule has 142 valence electrons. The molecule has 0 amide bonds. The fourth-order valence-corrected chi connectivity index (χ4v) is 2.92. The van der Waals surface area contributed by atoms with Crippen molar-refractivity contribution in [3.63, 3.8) is 0 Å².